The quantitative estimate of drug-likeness (QED) is 0.477. The van der Waals surface area contributed by atoms with Crippen LogP contribution in [0.4, 0.5) is 0 Å². The first kappa shape index (κ1) is 19.1. The number of aromatic hydroxyl groups is 1. The van der Waals surface area contributed by atoms with Gasteiger partial charge >= 0.3 is 0 Å². The smallest absolute Gasteiger partial charge is 0.222 e. The van der Waals surface area contributed by atoms with E-state index in [2.05, 4.69) is 31.0 Å². The van der Waals surface area contributed by atoms with Gasteiger partial charge in [-0.05, 0) is 29.8 Å². The van der Waals surface area contributed by atoms with Crippen LogP contribution in [0.3, 0.4) is 0 Å². The van der Waals surface area contributed by atoms with E-state index in [4.69, 9.17) is 4.74 Å². The third-order valence-corrected chi connectivity index (χ3v) is 5.11. The van der Waals surface area contributed by atoms with Crippen LogP contribution in [0.5, 0.6) is 11.6 Å². The highest BCUT2D eigenvalue weighted by Gasteiger charge is 2.30. The van der Waals surface area contributed by atoms with E-state index in [9.17, 15) is 10.2 Å². The second-order valence-corrected chi connectivity index (χ2v) is 8.10. The number of aliphatic hydroxyl groups is 1. The molecule has 4 aromatic rings. The van der Waals surface area contributed by atoms with Gasteiger partial charge < -0.3 is 14.9 Å². The van der Waals surface area contributed by atoms with Crippen LogP contribution >= 0.6 is 0 Å². The summed E-state index contributed by atoms with van der Waals surface area (Å²) in [6.45, 7) is 6.26. The maximum Gasteiger partial charge on any atom is 0.222 e. The zero-order valence-corrected chi connectivity index (χ0v) is 17.0. The first-order chi connectivity index (χ1) is 13.9. The molecule has 150 valence electrons. The normalized spacial score (nSPS) is 11.9. The summed E-state index contributed by atoms with van der Waals surface area (Å²) in [5, 5.41) is 28.9. The predicted octanol–water partition coefficient (Wildman–Crippen LogP) is 4.52. The number of aromatic nitrogens is 3. The van der Waals surface area contributed by atoms with Gasteiger partial charge in [0.15, 0.2) is 0 Å². The van der Waals surface area contributed by atoms with E-state index in [0.29, 0.717) is 11.3 Å². The largest absolute Gasteiger partial charge is 0.496 e. The minimum absolute atomic E-state index is 0.0316. The number of ether oxygens (including phenoxy) is 1. The second kappa shape index (κ2) is 6.97. The lowest BCUT2D eigenvalue weighted by Crippen LogP contribution is -2.12. The lowest BCUT2D eigenvalue weighted by atomic mass is 9.89. The lowest BCUT2D eigenvalue weighted by molar-refractivity contribution is 0.282. The molecule has 3 N–H and O–H groups in total. The minimum atomic E-state index is -0.228. The number of methoxy groups -OCH3 is 1. The fraction of sp³-hybridized carbons (Fsp3) is 0.261. The first-order valence-electron chi connectivity index (χ1n) is 9.52. The van der Waals surface area contributed by atoms with Crippen molar-refractivity contribution in [2.24, 2.45) is 0 Å². The van der Waals surface area contributed by atoms with Gasteiger partial charge in [-0.2, -0.15) is 5.10 Å². The Morgan fingerprint density at radius 1 is 1.07 bits per heavy atom. The molecule has 0 spiro atoms. The van der Waals surface area contributed by atoms with Crippen molar-refractivity contribution < 1.29 is 14.9 Å². The number of hydrogen-bond donors (Lipinski definition) is 3. The maximum atomic E-state index is 11.2. The number of para-hydroxylation sites is 1. The van der Waals surface area contributed by atoms with Crippen molar-refractivity contribution in [3.8, 4) is 28.6 Å². The summed E-state index contributed by atoms with van der Waals surface area (Å²) in [4.78, 5) is 0. The van der Waals surface area contributed by atoms with Crippen molar-refractivity contribution in [2.75, 3.05) is 7.11 Å². The molecular formula is C23H25N3O3. The van der Waals surface area contributed by atoms with Gasteiger partial charge in [0.05, 0.1) is 30.5 Å². The third-order valence-electron chi connectivity index (χ3n) is 5.11. The van der Waals surface area contributed by atoms with Crippen molar-refractivity contribution in [3.05, 3.63) is 59.8 Å². The molecule has 2 heterocycles. The van der Waals surface area contributed by atoms with Crippen LogP contribution in [-0.2, 0) is 12.0 Å². The van der Waals surface area contributed by atoms with E-state index < -0.39 is 0 Å². The van der Waals surface area contributed by atoms with E-state index >= 15 is 0 Å². The van der Waals surface area contributed by atoms with E-state index in [1.807, 2.05) is 48.5 Å². The number of hydrogen-bond acceptors (Lipinski definition) is 4. The molecule has 0 aliphatic rings. The molecule has 0 radical (unpaired) electrons. The molecule has 2 aromatic heterocycles. The van der Waals surface area contributed by atoms with Crippen molar-refractivity contribution in [1.29, 1.82) is 0 Å². The summed E-state index contributed by atoms with van der Waals surface area (Å²) in [6.07, 6.45) is 0. The molecule has 0 saturated heterocycles. The molecule has 0 aliphatic heterocycles. The molecule has 0 bridgehead atoms. The zero-order chi connectivity index (χ0) is 20.8. The molecule has 29 heavy (non-hydrogen) atoms. The number of benzene rings is 2. The fourth-order valence-electron chi connectivity index (χ4n) is 3.70. The number of rotatable bonds is 4. The Morgan fingerprint density at radius 3 is 2.38 bits per heavy atom. The molecule has 0 saturated carbocycles. The van der Waals surface area contributed by atoms with E-state index in [-0.39, 0.29) is 17.9 Å². The minimum Gasteiger partial charge on any atom is -0.496 e. The topological polar surface area (TPSA) is 83.3 Å². The average Bonchev–Trinajstić information content (AvgIpc) is 3.27. The molecule has 0 amide bonds. The summed E-state index contributed by atoms with van der Waals surface area (Å²) in [5.41, 5.74) is 4.49. The van der Waals surface area contributed by atoms with Crippen LogP contribution in [0.2, 0.25) is 0 Å². The van der Waals surface area contributed by atoms with Crippen molar-refractivity contribution in [3.63, 3.8) is 0 Å². The standard InChI is InChI=1S/C23H25N3O3/c1-23(2,3)21-18-19(24-25-21)22(28)26(15-11-9-14(13-27)10-12-15)20(18)16-7-5-6-8-17(16)29-4/h5-12,24,27-28H,13H2,1-4H3. The molecule has 6 heteroatoms. The zero-order valence-electron chi connectivity index (χ0n) is 17.0. The maximum absolute atomic E-state index is 11.2. The summed E-state index contributed by atoms with van der Waals surface area (Å²) in [6, 6.07) is 15.2. The van der Waals surface area contributed by atoms with Gasteiger partial charge in [0.1, 0.15) is 11.3 Å². The molecule has 0 fully saturated rings. The van der Waals surface area contributed by atoms with Gasteiger partial charge in [0, 0.05) is 16.7 Å². The van der Waals surface area contributed by atoms with Crippen molar-refractivity contribution in [1.82, 2.24) is 14.8 Å². The second-order valence-electron chi connectivity index (χ2n) is 8.10. The van der Waals surface area contributed by atoms with Crippen LogP contribution < -0.4 is 4.74 Å². The number of fused-ring (bicyclic) bond motifs is 1. The van der Waals surface area contributed by atoms with Crippen molar-refractivity contribution in [2.45, 2.75) is 32.8 Å². The van der Waals surface area contributed by atoms with Crippen LogP contribution in [0, 0.1) is 0 Å². The predicted molar refractivity (Wildman–Crippen MR) is 114 cm³/mol. The van der Waals surface area contributed by atoms with Crippen LogP contribution in [0.15, 0.2) is 48.5 Å². The number of aromatic amines is 1. The van der Waals surface area contributed by atoms with Crippen LogP contribution in [0.25, 0.3) is 27.8 Å². The molecule has 2 aromatic carbocycles. The van der Waals surface area contributed by atoms with Gasteiger partial charge in [-0.25, -0.2) is 0 Å². The van der Waals surface area contributed by atoms with E-state index in [1.165, 1.54) is 0 Å². The Bertz CT molecular complexity index is 1160. The van der Waals surface area contributed by atoms with Crippen LogP contribution in [-0.4, -0.2) is 32.1 Å². The van der Waals surface area contributed by atoms with Crippen molar-refractivity contribution >= 4 is 10.9 Å². The summed E-state index contributed by atoms with van der Waals surface area (Å²) in [7, 11) is 1.64. The monoisotopic (exact) mass is 391 g/mol. The summed E-state index contributed by atoms with van der Waals surface area (Å²) < 4.78 is 7.43. The number of nitrogens with one attached hydrogen (secondary N) is 1. The van der Waals surface area contributed by atoms with E-state index in [1.54, 1.807) is 11.7 Å². The van der Waals surface area contributed by atoms with Gasteiger partial charge in [0.25, 0.3) is 0 Å². The van der Waals surface area contributed by atoms with Crippen LogP contribution in [0.1, 0.15) is 32.0 Å². The third kappa shape index (κ3) is 3.06. The average molecular weight is 391 g/mol. The number of nitrogens with zero attached hydrogens (tertiary/aromatic N) is 2. The highest BCUT2D eigenvalue weighted by molar-refractivity contribution is 6.02. The highest BCUT2D eigenvalue weighted by Crippen LogP contribution is 2.45. The van der Waals surface area contributed by atoms with Gasteiger partial charge in [-0.3, -0.25) is 9.67 Å². The van der Waals surface area contributed by atoms with Gasteiger partial charge in [-0.15, -0.1) is 0 Å². The lowest BCUT2D eigenvalue weighted by Gasteiger charge is -2.18. The summed E-state index contributed by atoms with van der Waals surface area (Å²) >= 11 is 0. The number of aliphatic hydroxyl groups excluding tert-OH is 1. The molecular weight excluding hydrogens is 366 g/mol. The SMILES string of the molecule is COc1ccccc1-c1c2c(C(C)(C)C)n[nH]c2c(O)n1-c1ccc(CO)cc1. The Labute approximate surface area is 169 Å². The molecule has 0 atom stereocenters. The first-order valence-corrected chi connectivity index (χ1v) is 9.52. The van der Waals surface area contributed by atoms with Gasteiger partial charge in [0.2, 0.25) is 5.88 Å². The highest BCUT2D eigenvalue weighted by atomic mass is 16.5. The molecule has 0 aliphatic carbocycles. The van der Waals surface area contributed by atoms with E-state index in [0.717, 1.165) is 33.6 Å². The molecule has 4 rings (SSSR count). The number of H-pyrrole nitrogens is 1. The Hall–Kier alpha value is -3.25. The van der Waals surface area contributed by atoms with Gasteiger partial charge in [-0.1, -0.05) is 45.0 Å². The molecule has 6 nitrogen and oxygen atoms in total. The Morgan fingerprint density at radius 2 is 1.76 bits per heavy atom. The fourth-order valence-corrected chi connectivity index (χ4v) is 3.70. The molecule has 0 unspecified atom stereocenters. The Kier molecular flexibility index (Phi) is 4.59. The Balaban J connectivity index is 2.12. The summed E-state index contributed by atoms with van der Waals surface area (Å²) in [5.74, 6) is 0.793.